The Kier molecular flexibility index (Phi) is 3.33. The fraction of sp³-hybridized carbons (Fsp3) is 0.267. The Morgan fingerprint density at radius 1 is 1.37 bits per heavy atom. The fourth-order valence-corrected chi connectivity index (χ4v) is 2.44. The van der Waals surface area contributed by atoms with Gasteiger partial charge in [0, 0.05) is 25.2 Å². The molecule has 0 spiro atoms. The van der Waals surface area contributed by atoms with Crippen molar-refractivity contribution < 1.29 is 9.21 Å². The van der Waals surface area contributed by atoms with Gasteiger partial charge in [0.1, 0.15) is 0 Å². The average molecular weight is 256 g/mol. The maximum atomic E-state index is 12.3. The Hall–Kier alpha value is -2.07. The van der Waals surface area contributed by atoms with Crippen LogP contribution in [-0.2, 0) is 17.9 Å². The summed E-state index contributed by atoms with van der Waals surface area (Å²) in [5, 5.41) is 6.24. The van der Waals surface area contributed by atoms with Gasteiger partial charge in [-0.05, 0) is 17.2 Å². The molecular formula is C15H16N2O2. The third-order valence-electron chi connectivity index (χ3n) is 3.46. The van der Waals surface area contributed by atoms with Gasteiger partial charge < -0.3 is 15.1 Å². The molecule has 4 nitrogen and oxygen atoms in total. The van der Waals surface area contributed by atoms with Crippen LogP contribution in [0.15, 0.2) is 47.3 Å². The lowest BCUT2D eigenvalue weighted by Gasteiger charge is -2.25. The van der Waals surface area contributed by atoms with Crippen LogP contribution >= 0.6 is 0 Å². The average Bonchev–Trinajstić information content (AvgIpc) is 2.97. The molecule has 2 heterocycles. The minimum Gasteiger partial charge on any atom is -0.472 e. The molecule has 1 aliphatic rings. The van der Waals surface area contributed by atoms with E-state index in [0.717, 1.165) is 17.7 Å². The topological polar surface area (TPSA) is 54.3 Å². The second-order valence-corrected chi connectivity index (χ2v) is 4.73. The van der Waals surface area contributed by atoms with Crippen LogP contribution in [-0.4, -0.2) is 12.5 Å². The third kappa shape index (κ3) is 2.53. The molecule has 0 radical (unpaired) electrons. The van der Waals surface area contributed by atoms with Gasteiger partial charge in [0.25, 0.3) is 0 Å². The molecule has 2 aromatic rings. The molecule has 1 atom stereocenters. The molecule has 1 aromatic heterocycles. The number of nitrogens with one attached hydrogen (secondary N) is 2. The van der Waals surface area contributed by atoms with E-state index in [-0.39, 0.29) is 11.8 Å². The number of hydrogen-bond donors (Lipinski definition) is 2. The summed E-state index contributed by atoms with van der Waals surface area (Å²) in [6, 6.07) is 9.95. The molecule has 0 saturated heterocycles. The molecular weight excluding hydrogens is 240 g/mol. The van der Waals surface area contributed by atoms with Gasteiger partial charge >= 0.3 is 0 Å². The van der Waals surface area contributed by atoms with Crippen molar-refractivity contribution in [2.45, 2.75) is 19.0 Å². The minimum atomic E-state index is -0.114. The predicted octanol–water partition coefficient (Wildman–Crippen LogP) is 1.78. The number of hydrogen-bond acceptors (Lipinski definition) is 3. The van der Waals surface area contributed by atoms with Gasteiger partial charge in [0.2, 0.25) is 5.91 Å². The van der Waals surface area contributed by atoms with Crippen LogP contribution < -0.4 is 10.6 Å². The van der Waals surface area contributed by atoms with Crippen LogP contribution in [0.25, 0.3) is 0 Å². The fourth-order valence-electron chi connectivity index (χ4n) is 2.44. The Bertz CT molecular complexity index is 563. The number of carbonyl (C=O) groups is 1. The van der Waals surface area contributed by atoms with Crippen molar-refractivity contribution in [3.63, 3.8) is 0 Å². The zero-order valence-corrected chi connectivity index (χ0v) is 10.6. The van der Waals surface area contributed by atoms with E-state index < -0.39 is 0 Å². The van der Waals surface area contributed by atoms with Gasteiger partial charge in [-0.15, -0.1) is 0 Å². The number of rotatable bonds is 3. The van der Waals surface area contributed by atoms with Gasteiger partial charge in [-0.25, -0.2) is 0 Å². The van der Waals surface area contributed by atoms with Gasteiger partial charge in [0.15, 0.2) is 0 Å². The van der Waals surface area contributed by atoms with Gasteiger partial charge in [0.05, 0.1) is 18.4 Å². The summed E-state index contributed by atoms with van der Waals surface area (Å²) < 4.78 is 4.98. The first-order chi connectivity index (χ1) is 9.34. The van der Waals surface area contributed by atoms with E-state index in [0.29, 0.717) is 13.1 Å². The first-order valence-electron chi connectivity index (χ1n) is 6.42. The summed E-state index contributed by atoms with van der Waals surface area (Å²) in [5.41, 5.74) is 3.31. The highest BCUT2D eigenvalue weighted by Crippen LogP contribution is 2.23. The third-order valence-corrected chi connectivity index (χ3v) is 3.46. The molecule has 0 fully saturated rings. The van der Waals surface area contributed by atoms with E-state index in [2.05, 4.69) is 16.7 Å². The number of amides is 1. The van der Waals surface area contributed by atoms with E-state index in [4.69, 9.17) is 4.42 Å². The molecule has 1 aromatic carbocycles. The Morgan fingerprint density at radius 2 is 2.26 bits per heavy atom. The number of benzene rings is 1. The molecule has 98 valence electrons. The van der Waals surface area contributed by atoms with Crippen LogP contribution in [0.4, 0.5) is 0 Å². The highest BCUT2D eigenvalue weighted by atomic mass is 16.3. The highest BCUT2D eigenvalue weighted by Gasteiger charge is 2.25. The molecule has 0 aliphatic carbocycles. The van der Waals surface area contributed by atoms with Crippen LogP contribution in [0.5, 0.6) is 0 Å². The lowest BCUT2D eigenvalue weighted by molar-refractivity contribution is -0.122. The van der Waals surface area contributed by atoms with Crippen LogP contribution in [0, 0.1) is 0 Å². The van der Waals surface area contributed by atoms with E-state index in [1.165, 1.54) is 5.56 Å². The highest BCUT2D eigenvalue weighted by molar-refractivity contribution is 5.84. The van der Waals surface area contributed by atoms with Crippen LogP contribution in [0.2, 0.25) is 0 Å². The van der Waals surface area contributed by atoms with Crippen molar-refractivity contribution in [2.24, 2.45) is 0 Å². The SMILES string of the molecule is O=C(NCc1ccoc1)C1CNCc2ccccc21. The lowest BCUT2D eigenvalue weighted by atomic mass is 9.90. The smallest absolute Gasteiger partial charge is 0.229 e. The first kappa shape index (κ1) is 12.0. The normalized spacial score (nSPS) is 17.8. The first-order valence-corrected chi connectivity index (χ1v) is 6.42. The van der Waals surface area contributed by atoms with Crippen molar-refractivity contribution in [1.29, 1.82) is 0 Å². The van der Waals surface area contributed by atoms with E-state index in [1.54, 1.807) is 12.5 Å². The summed E-state index contributed by atoms with van der Waals surface area (Å²) >= 11 is 0. The van der Waals surface area contributed by atoms with Crippen molar-refractivity contribution in [2.75, 3.05) is 6.54 Å². The number of fused-ring (bicyclic) bond motifs is 1. The summed E-state index contributed by atoms with van der Waals surface area (Å²) in [6.45, 7) is 2.03. The molecule has 0 bridgehead atoms. The maximum Gasteiger partial charge on any atom is 0.229 e. The largest absolute Gasteiger partial charge is 0.472 e. The minimum absolute atomic E-state index is 0.0563. The van der Waals surface area contributed by atoms with Crippen LogP contribution in [0.3, 0.4) is 0 Å². The zero-order chi connectivity index (χ0) is 13.1. The molecule has 1 amide bonds. The Balaban J connectivity index is 1.71. The zero-order valence-electron chi connectivity index (χ0n) is 10.6. The van der Waals surface area contributed by atoms with E-state index in [9.17, 15) is 4.79 Å². The van der Waals surface area contributed by atoms with E-state index in [1.807, 2.05) is 24.3 Å². The quantitative estimate of drug-likeness (QED) is 0.880. The molecule has 3 rings (SSSR count). The second kappa shape index (κ2) is 5.28. The maximum absolute atomic E-state index is 12.3. The van der Waals surface area contributed by atoms with Crippen molar-refractivity contribution in [1.82, 2.24) is 10.6 Å². The summed E-state index contributed by atoms with van der Waals surface area (Å²) in [6.07, 6.45) is 3.26. The van der Waals surface area contributed by atoms with E-state index >= 15 is 0 Å². The van der Waals surface area contributed by atoms with Crippen molar-refractivity contribution in [3.05, 3.63) is 59.5 Å². The van der Waals surface area contributed by atoms with Crippen LogP contribution in [0.1, 0.15) is 22.6 Å². The Morgan fingerprint density at radius 3 is 3.11 bits per heavy atom. The molecule has 2 N–H and O–H groups in total. The second-order valence-electron chi connectivity index (χ2n) is 4.73. The molecule has 1 unspecified atom stereocenters. The Labute approximate surface area is 111 Å². The van der Waals surface area contributed by atoms with Crippen molar-refractivity contribution in [3.8, 4) is 0 Å². The standard InChI is InChI=1S/C15H16N2O2/c18-15(17-7-11-5-6-19-10-11)14-9-16-8-12-3-1-2-4-13(12)14/h1-6,10,14,16H,7-9H2,(H,17,18). The summed E-state index contributed by atoms with van der Waals surface area (Å²) in [7, 11) is 0. The van der Waals surface area contributed by atoms with Gasteiger partial charge in [-0.2, -0.15) is 0 Å². The number of carbonyl (C=O) groups excluding carboxylic acids is 1. The van der Waals surface area contributed by atoms with Gasteiger partial charge in [-0.1, -0.05) is 24.3 Å². The molecule has 1 aliphatic heterocycles. The predicted molar refractivity (Wildman–Crippen MR) is 71.4 cm³/mol. The van der Waals surface area contributed by atoms with Crippen molar-refractivity contribution >= 4 is 5.91 Å². The molecule has 19 heavy (non-hydrogen) atoms. The monoisotopic (exact) mass is 256 g/mol. The van der Waals surface area contributed by atoms with Gasteiger partial charge in [-0.3, -0.25) is 4.79 Å². The summed E-state index contributed by atoms with van der Waals surface area (Å²) in [4.78, 5) is 12.3. The summed E-state index contributed by atoms with van der Waals surface area (Å²) in [5.74, 6) is -0.0577. The lowest BCUT2D eigenvalue weighted by Crippen LogP contribution is -2.38. The molecule has 4 heteroatoms. The molecule has 0 saturated carbocycles. The number of furan rings is 1.